The summed E-state index contributed by atoms with van der Waals surface area (Å²) in [7, 11) is 0. The van der Waals surface area contributed by atoms with Gasteiger partial charge < -0.3 is 14.3 Å². The van der Waals surface area contributed by atoms with Crippen LogP contribution in [0.5, 0.6) is 0 Å². The SMILES string of the molecule is Cc1cn2cc(-c3ncc4c(=O)n(C5CCNCC5)ccc4n3)cc(C#N)c2n1. The van der Waals surface area contributed by atoms with E-state index in [9.17, 15) is 10.1 Å². The zero-order valence-electron chi connectivity index (χ0n) is 16.0. The largest absolute Gasteiger partial charge is 0.317 e. The zero-order valence-corrected chi connectivity index (χ0v) is 16.0. The summed E-state index contributed by atoms with van der Waals surface area (Å²) >= 11 is 0. The van der Waals surface area contributed by atoms with Crippen molar-refractivity contribution < 1.29 is 0 Å². The van der Waals surface area contributed by atoms with E-state index in [1.165, 1.54) is 0 Å². The van der Waals surface area contributed by atoms with Gasteiger partial charge in [0.15, 0.2) is 11.5 Å². The standard InChI is InChI=1S/C21H19N7O/c1-13-11-27-12-15(8-14(9-22)20(27)25-13)19-24-10-17-18(26-19)4-7-28(21(17)29)16-2-5-23-6-3-16/h4,7-8,10-12,16,23H,2-3,5-6H2,1H3. The van der Waals surface area contributed by atoms with Crippen LogP contribution in [0.15, 0.2) is 41.7 Å². The van der Waals surface area contributed by atoms with Gasteiger partial charge in [0.2, 0.25) is 0 Å². The number of aromatic nitrogens is 5. The van der Waals surface area contributed by atoms with Crippen LogP contribution < -0.4 is 10.9 Å². The number of nitrogens with zero attached hydrogens (tertiary/aromatic N) is 6. The van der Waals surface area contributed by atoms with Gasteiger partial charge in [0.05, 0.1) is 22.2 Å². The average molecular weight is 385 g/mol. The molecular weight excluding hydrogens is 366 g/mol. The quantitative estimate of drug-likeness (QED) is 0.568. The summed E-state index contributed by atoms with van der Waals surface area (Å²) in [6, 6.07) is 6.00. The lowest BCUT2D eigenvalue weighted by Crippen LogP contribution is -2.34. The molecule has 0 bridgehead atoms. The van der Waals surface area contributed by atoms with E-state index in [1.54, 1.807) is 16.8 Å². The molecular formula is C21H19N7O. The van der Waals surface area contributed by atoms with Crippen LogP contribution >= 0.6 is 0 Å². The first-order valence-corrected chi connectivity index (χ1v) is 9.62. The molecule has 8 nitrogen and oxygen atoms in total. The Morgan fingerprint density at radius 3 is 2.86 bits per heavy atom. The Bertz CT molecular complexity index is 1340. The molecule has 0 aromatic carbocycles. The van der Waals surface area contributed by atoms with E-state index in [4.69, 9.17) is 0 Å². The van der Waals surface area contributed by atoms with Crippen LogP contribution in [0.2, 0.25) is 0 Å². The first-order chi connectivity index (χ1) is 14.1. The van der Waals surface area contributed by atoms with Gasteiger partial charge in [0.1, 0.15) is 6.07 Å². The maximum atomic E-state index is 13.0. The number of hydrogen-bond acceptors (Lipinski definition) is 6. The third-order valence-electron chi connectivity index (χ3n) is 5.43. The normalized spacial score (nSPS) is 15.0. The number of nitriles is 1. The highest BCUT2D eigenvalue weighted by atomic mass is 16.1. The number of piperidine rings is 1. The maximum absolute atomic E-state index is 13.0. The Kier molecular flexibility index (Phi) is 4.11. The van der Waals surface area contributed by atoms with Crippen LogP contribution in [0.3, 0.4) is 0 Å². The molecule has 0 atom stereocenters. The first-order valence-electron chi connectivity index (χ1n) is 9.62. The van der Waals surface area contributed by atoms with Crippen molar-refractivity contribution in [2.45, 2.75) is 25.8 Å². The summed E-state index contributed by atoms with van der Waals surface area (Å²) in [4.78, 5) is 26.4. The highest BCUT2D eigenvalue weighted by Gasteiger charge is 2.18. The Balaban J connectivity index is 1.61. The van der Waals surface area contributed by atoms with Crippen LogP contribution in [0.25, 0.3) is 27.9 Å². The minimum absolute atomic E-state index is 0.0562. The molecule has 29 heavy (non-hydrogen) atoms. The number of imidazole rings is 1. The Labute approximate surface area is 166 Å². The van der Waals surface area contributed by atoms with Crippen molar-refractivity contribution in [3.05, 3.63) is 58.5 Å². The lowest BCUT2D eigenvalue weighted by Gasteiger charge is -2.24. The van der Waals surface area contributed by atoms with E-state index < -0.39 is 0 Å². The van der Waals surface area contributed by atoms with Gasteiger partial charge in [-0.2, -0.15) is 5.26 Å². The van der Waals surface area contributed by atoms with Gasteiger partial charge in [-0.05, 0) is 45.0 Å². The van der Waals surface area contributed by atoms with E-state index >= 15 is 0 Å². The van der Waals surface area contributed by atoms with Crippen LogP contribution in [0.1, 0.15) is 30.1 Å². The minimum Gasteiger partial charge on any atom is -0.317 e. The van der Waals surface area contributed by atoms with Crippen molar-refractivity contribution in [2.24, 2.45) is 0 Å². The summed E-state index contributed by atoms with van der Waals surface area (Å²) in [6.45, 7) is 3.72. The van der Waals surface area contributed by atoms with Gasteiger partial charge in [0, 0.05) is 36.4 Å². The van der Waals surface area contributed by atoms with Gasteiger partial charge in [-0.15, -0.1) is 0 Å². The summed E-state index contributed by atoms with van der Waals surface area (Å²) in [6.07, 6.45) is 9.01. The second kappa shape index (κ2) is 6.79. The molecule has 0 aliphatic carbocycles. The fourth-order valence-corrected chi connectivity index (χ4v) is 3.98. The van der Waals surface area contributed by atoms with E-state index in [-0.39, 0.29) is 11.6 Å². The first kappa shape index (κ1) is 17.5. The molecule has 144 valence electrons. The molecule has 0 saturated carbocycles. The second-order valence-corrected chi connectivity index (χ2v) is 7.37. The van der Waals surface area contributed by atoms with Gasteiger partial charge in [-0.1, -0.05) is 0 Å². The minimum atomic E-state index is -0.0562. The molecule has 1 aliphatic rings. The monoisotopic (exact) mass is 385 g/mol. The van der Waals surface area contributed by atoms with Crippen molar-refractivity contribution in [1.82, 2.24) is 29.2 Å². The fourth-order valence-electron chi connectivity index (χ4n) is 3.98. The molecule has 0 unspecified atom stereocenters. The fraction of sp³-hybridized carbons (Fsp3) is 0.286. The van der Waals surface area contributed by atoms with Gasteiger partial charge in [-0.25, -0.2) is 15.0 Å². The Morgan fingerprint density at radius 1 is 1.24 bits per heavy atom. The number of hydrogen-bond donors (Lipinski definition) is 1. The van der Waals surface area contributed by atoms with E-state index in [2.05, 4.69) is 26.3 Å². The second-order valence-electron chi connectivity index (χ2n) is 7.37. The molecule has 5 rings (SSSR count). The molecule has 1 aliphatic heterocycles. The van der Waals surface area contributed by atoms with Crippen molar-refractivity contribution in [2.75, 3.05) is 13.1 Å². The number of rotatable bonds is 2. The molecule has 4 aromatic rings. The van der Waals surface area contributed by atoms with Crippen molar-refractivity contribution in [1.29, 1.82) is 5.26 Å². The van der Waals surface area contributed by atoms with Crippen LogP contribution in [-0.2, 0) is 0 Å². The third-order valence-corrected chi connectivity index (χ3v) is 5.43. The molecule has 4 aromatic heterocycles. The predicted molar refractivity (Wildman–Crippen MR) is 109 cm³/mol. The van der Waals surface area contributed by atoms with Crippen LogP contribution in [0.4, 0.5) is 0 Å². The lowest BCUT2D eigenvalue weighted by atomic mass is 10.1. The van der Waals surface area contributed by atoms with Crippen LogP contribution in [0, 0.1) is 18.3 Å². The topological polar surface area (TPSA) is 101 Å². The molecule has 1 fully saturated rings. The summed E-state index contributed by atoms with van der Waals surface area (Å²) in [5.74, 6) is 0.473. The summed E-state index contributed by atoms with van der Waals surface area (Å²) in [5, 5.41) is 13.3. The molecule has 0 spiro atoms. The highest BCUT2D eigenvalue weighted by molar-refractivity contribution is 5.79. The van der Waals surface area contributed by atoms with E-state index in [1.807, 2.05) is 36.0 Å². The Morgan fingerprint density at radius 2 is 2.07 bits per heavy atom. The van der Waals surface area contributed by atoms with Gasteiger partial charge >= 0.3 is 0 Å². The summed E-state index contributed by atoms with van der Waals surface area (Å²) < 4.78 is 3.62. The number of nitrogens with one attached hydrogen (secondary N) is 1. The maximum Gasteiger partial charge on any atom is 0.261 e. The highest BCUT2D eigenvalue weighted by Crippen LogP contribution is 2.22. The smallest absolute Gasteiger partial charge is 0.261 e. The zero-order chi connectivity index (χ0) is 20.0. The van der Waals surface area contributed by atoms with Gasteiger partial charge in [0.25, 0.3) is 5.56 Å². The predicted octanol–water partition coefficient (Wildman–Crippen LogP) is 2.21. The third kappa shape index (κ3) is 2.96. The Hall–Kier alpha value is -3.57. The van der Waals surface area contributed by atoms with Crippen molar-refractivity contribution in [3.8, 4) is 17.5 Å². The number of fused-ring (bicyclic) bond motifs is 2. The summed E-state index contributed by atoms with van der Waals surface area (Å²) in [5.41, 5.74) is 3.15. The average Bonchev–Trinajstić information content (AvgIpc) is 3.13. The molecule has 0 amide bonds. The van der Waals surface area contributed by atoms with Crippen molar-refractivity contribution >= 4 is 16.6 Å². The molecule has 8 heteroatoms. The van der Waals surface area contributed by atoms with E-state index in [0.717, 1.165) is 31.6 Å². The van der Waals surface area contributed by atoms with Crippen LogP contribution in [-0.4, -0.2) is 37.0 Å². The molecule has 5 heterocycles. The van der Waals surface area contributed by atoms with Gasteiger partial charge in [-0.3, -0.25) is 4.79 Å². The lowest BCUT2D eigenvalue weighted by molar-refractivity contribution is 0.362. The molecule has 1 N–H and O–H groups in total. The number of pyridine rings is 2. The van der Waals surface area contributed by atoms with Crippen molar-refractivity contribution in [3.63, 3.8) is 0 Å². The molecule has 0 radical (unpaired) electrons. The van der Waals surface area contributed by atoms with E-state index in [0.29, 0.717) is 33.5 Å². The molecule has 1 saturated heterocycles. The number of aryl methyl sites for hydroxylation is 1.